The summed E-state index contributed by atoms with van der Waals surface area (Å²) in [6, 6.07) is 4.31. The molecule has 1 atom stereocenters. The van der Waals surface area contributed by atoms with E-state index in [-0.39, 0.29) is 6.04 Å². The normalized spacial score (nSPS) is 12.6. The van der Waals surface area contributed by atoms with E-state index in [0.29, 0.717) is 0 Å². The van der Waals surface area contributed by atoms with Crippen molar-refractivity contribution in [3.8, 4) is 0 Å². The van der Waals surface area contributed by atoms with Gasteiger partial charge in [-0.3, -0.25) is 4.98 Å². The van der Waals surface area contributed by atoms with E-state index >= 15 is 0 Å². The first kappa shape index (κ1) is 9.86. The summed E-state index contributed by atoms with van der Waals surface area (Å²) in [6.45, 7) is 0. The van der Waals surface area contributed by atoms with Crippen LogP contribution in [-0.4, -0.2) is 22.0 Å². The van der Waals surface area contributed by atoms with Gasteiger partial charge >= 0.3 is 0 Å². The third-order valence-corrected chi connectivity index (χ3v) is 2.41. The maximum atomic E-state index is 4.22. The molecular weight excluding hydrogens is 188 g/mol. The lowest BCUT2D eigenvalue weighted by Crippen LogP contribution is -2.19. The minimum Gasteiger partial charge on any atom is -0.349 e. The molecule has 2 aromatic rings. The molecule has 0 amide bonds. The highest BCUT2D eigenvalue weighted by atomic mass is 14.9. The molecule has 0 spiro atoms. The number of imidazole rings is 1. The summed E-state index contributed by atoms with van der Waals surface area (Å²) < 4.78 is 0. The summed E-state index contributed by atoms with van der Waals surface area (Å²) in [5.74, 6) is 0.992. The van der Waals surface area contributed by atoms with Gasteiger partial charge in [0, 0.05) is 37.3 Å². The summed E-state index contributed by atoms with van der Waals surface area (Å²) in [4.78, 5) is 11.3. The van der Waals surface area contributed by atoms with Crippen LogP contribution in [0.25, 0.3) is 0 Å². The lowest BCUT2D eigenvalue weighted by Gasteiger charge is -2.14. The van der Waals surface area contributed by atoms with Crippen molar-refractivity contribution in [1.29, 1.82) is 0 Å². The number of H-pyrrole nitrogens is 1. The highest BCUT2D eigenvalue weighted by molar-refractivity contribution is 5.16. The monoisotopic (exact) mass is 202 g/mol. The molecule has 0 fully saturated rings. The maximum Gasteiger partial charge on any atom is 0.107 e. The molecule has 15 heavy (non-hydrogen) atoms. The van der Waals surface area contributed by atoms with Gasteiger partial charge in [-0.15, -0.1) is 0 Å². The molecule has 0 saturated carbocycles. The van der Waals surface area contributed by atoms with E-state index in [1.807, 2.05) is 37.8 Å². The molecule has 0 radical (unpaired) electrons. The number of nitrogens with one attached hydrogen (secondary N) is 2. The van der Waals surface area contributed by atoms with E-state index in [1.165, 1.54) is 5.56 Å². The second-order valence-corrected chi connectivity index (χ2v) is 3.36. The van der Waals surface area contributed by atoms with E-state index in [2.05, 4.69) is 20.3 Å². The molecule has 78 valence electrons. The minimum absolute atomic E-state index is 0.277. The minimum atomic E-state index is 0.277. The Bertz CT molecular complexity index is 382. The van der Waals surface area contributed by atoms with Gasteiger partial charge < -0.3 is 10.3 Å². The Morgan fingerprint density at radius 3 is 2.73 bits per heavy atom. The average Bonchev–Trinajstić information content (AvgIpc) is 2.80. The van der Waals surface area contributed by atoms with Crippen molar-refractivity contribution < 1.29 is 0 Å². The zero-order valence-electron chi connectivity index (χ0n) is 8.64. The van der Waals surface area contributed by atoms with Crippen LogP contribution in [0, 0.1) is 0 Å². The van der Waals surface area contributed by atoms with Crippen molar-refractivity contribution in [2.45, 2.75) is 12.5 Å². The Morgan fingerprint density at radius 2 is 2.13 bits per heavy atom. The Labute approximate surface area is 88.8 Å². The molecule has 4 heteroatoms. The number of aromatic nitrogens is 3. The fraction of sp³-hybridized carbons (Fsp3) is 0.273. The van der Waals surface area contributed by atoms with Gasteiger partial charge in [-0.25, -0.2) is 4.98 Å². The molecule has 0 bridgehead atoms. The summed E-state index contributed by atoms with van der Waals surface area (Å²) in [7, 11) is 1.95. The van der Waals surface area contributed by atoms with Crippen molar-refractivity contribution in [2.24, 2.45) is 0 Å². The zero-order valence-corrected chi connectivity index (χ0v) is 8.64. The van der Waals surface area contributed by atoms with Gasteiger partial charge in [0.15, 0.2) is 0 Å². The van der Waals surface area contributed by atoms with Crippen LogP contribution in [-0.2, 0) is 6.42 Å². The van der Waals surface area contributed by atoms with E-state index < -0.39 is 0 Å². The molecule has 2 aromatic heterocycles. The first-order chi connectivity index (χ1) is 7.40. The number of pyridine rings is 1. The van der Waals surface area contributed by atoms with Gasteiger partial charge in [-0.1, -0.05) is 0 Å². The maximum absolute atomic E-state index is 4.22. The quantitative estimate of drug-likeness (QED) is 0.786. The fourth-order valence-electron chi connectivity index (χ4n) is 1.59. The van der Waals surface area contributed by atoms with Crippen LogP contribution in [0.2, 0.25) is 0 Å². The number of likely N-dealkylation sites (N-methyl/N-ethyl adjacent to an activating group) is 1. The number of rotatable bonds is 4. The first-order valence-corrected chi connectivity index (χ1v) is 4.95. The lowest BCUT2D eigenvalue weighted by atomic mass is 10.1. The largest absolute Gasteiger partial charge is 0.349 e. The van der Waals surface area contributed by atoms with Gasteiger partial charge in [-0.2, -0.15) is 0 Å². The number of hydrogen-bond donors (Lipinski definition) is 2. The molecule has 4 nitrogen and oxygen atoms in total. The number of hydrogen-bond acceptors (Lipinski definition) is 3. The third kappa shape index (κ3) is 2.41. The fourth-order valence-corrected chi connectivity index (χ4v) is 1.59. The SMILES string of the molecule is CNC(Cc1ncc[nH]1)c1ccncc1. The van der Waals surface area contributed by atoms with Crippen molar-refractivity contribution in [1.82, 2.24) is 20.3 Å². The second-order valence-electron chi connectivity index (χ2n) is 3.36. The van der Waals surface area contributed by atoms with Crippen molar-refractivity contribution in [3.63, 3.8) is 0 Å². The molecule has 0 aliphatic rings. The van der Waals surface area contributed by atoms with Crippen molar-refractivity contribution >= 4 is 0 Å². The van der Waals surface area contributed by atoms with Crippen molar-refractivity contribution in [3.05, 3.63) is 48.3 Å². The first-order valence-electron chi connectivity index (χ1n) is 4.95. The highest BCUT2D eigenvalue weighted by Gasteiger charge is 2.10. The van der Waals surface area contributed by atoms with Gasteiger partial charge in [0.2, 0.25) is 0 Å². The molecule has 0 saturated heterocycles. The van der Waals surface area contributed by atoms with E-state index in [0.717, 1.165) is 12.2 Å². The Morgan fingerprint density at radius 1 is 1.33 bits per heavy atom. The van der Waals surface area contributed by atoms with Gasteiger partial charge in [0.25, 0.3) is 0 Å². The summed E-state index contributed by atoms with van der Waals surface area (Å²) in [6.07, 6.45) is 8.08. The lowest BCUT2D eigenvalue weighted by molar-refractivity contribution is 0.577. The number of nitrogens with zero attached hydrogens (tertiary/aromatic N) is 2. The average molecular weight is 202 g/mol. The van der Waals surface area contributed by atoms with Crippen LogP contribution in [0.4, 0.5) is 0 Å². The zero-order chi connectivity index (χ0) is 10.5. The molecule has 0 aromatic carbocycles. The van der Waals surface area contributed by atoms with Crippen LogP contribution in [0.5, 0.6) is 0 Å². The second kappa shape index (κ2) is 4.70. The predicted octanol–water partition coefficient (Wildman–Crippen LogP) is 1.31. The molecule has 2 N–H and O–H groups in total. The Balaban J connectivity index is 2.12. The molecule has 1 unspecified atom stereocenters. The van der Waals surface area contributed by atoms with Gasteiger partial charge in [-0.05, 0) is 24.7 Å². The van der Waals surface area contributed by atoms with Gasteiger partial charge in [0.05, 0.1) is 0 Å². The van der Waals surface area contributed by atoms with Crippen LogP contribution in [0.1, 0.15) is 17.4 Å². The molecular formula is C11H14N4. The van der Waals surface area contributed by atoms with E-state index in [9.17, 15) is 0 Å². The van der Waals surface area contributed by atoms with Crippen LogP contribution in [0.15, 0.2) is 36.9 Å². The third-order valence-electron chi connectivity index (χ3n) is 2.41. The van der Waals surface area contributed by atoms with Gasteiger partial charge in [0.1, 0.15) is 5.82 Å². The van der Waals surface area contributed by atoms with Crippen LogP contribution >= 0.6 is 0 Å². The van der Waals surface area contributed by atoms with E-state index in [4.69, 9.17) is 0 Å². The smallest absolute Gasteiger partial charge is 0.107 e. The molecule has 2 rings (SSSR count). The van der Waals surface area contributed by atoms with Crippen LogP contribution < -0.4 is 5.32 Å². The summed E-state index contributed by atoms with van der Waals surface area (Å²) in [5.41, 5.74) is 1.23. The number of aromatic amines is 1. The topological polar surface area (TPSA) is 53.6 Å². The van der Waals surface area contributed by atoms with Crippen molar-refractivity contribution in [2.75, 3.05) is 7.05 Å². The standard InChI is InChI=1S/C11H14N4/c1-12-10(8-11-14-6-7-15-11)9-2-4-13-5-3-9/h2-7,10,12H,8H2,1H3,(H,14,15). The predicted molar refractivity (Wildman–Crippen MR) is 58.3 cm³/mol. The highest BCUT2D eigenvalue weighted by Crippen LogP contribution is 2.14. The Kier molecular flexibility index (Phi) is 3.09. The molecule has 0 aliphatic carbocycles. The Hall–Kier alpha value is -1.68. The van der Waals surface area contributed by atoms with E-state index in [1.54, 1.807) is 6.20 Å². The summed E-state index contributed by atoms with van der Waals surface area (Å²) >= 11 is 0. The van der Waals surface area contributed by atoms with Crippen LogP contribution in [0.3, 0.4) is 0 Å². The molecule has 2 heterocycles. The molecule has 0 aliphatic heterocycles. The summed E-state index contributed by atoms with van der Waals surface area (Å²) in [5, 5.41) is 3.27.